The molecule has 0 spiro atoms. The summed E-state index contributed by atoms with van der Waals surface area (Å²) in [5, 5.41) is 16.0. The van der Waals surface area contributed by atoms with E-state index in [2.05, 4.69) is 10.4 Å². The fraction of sp³-hybridized carbons (Fsp3) is 0.300. The first-order valence-corrected chi connectivity index (χ1v) is 8.66. The zero-order chi connectivity index (χ0) is 20.7. The van der Waals surface area contributed by atoms with Crippen molar-refractivity contribution in [1.29, 1.82) is 5.26 Å². The van der Waals surface area contributed by atoms with Crippen LogP contribution in [0.5, 0.6) is 11.5 Å². The summed E-state index contributed by atoms with van der Waals surface area (Å²) in [6, 6.07) is 8.70. The van der Waals surface area contributed by atoms with Crippen molar-refractivity contribution in [2.45, 2.75) is 20.8 Å². The molecule has 0 aliphatic heterocycles. The molecule has 0 unspecified atom stereocenters. The van der Waals surface area contributed by atoms with Crippen LogP contribution < -0.4 is 20.3 Å². The van der Waals surface area contributed by atoms with E-state index in [1.807, 2.05) is 13.0 Å². The summed E-state index contributed by atoms with van der Waals surface area (Å²) in [6.07, 6.45) is 1.49. The van der Waals surface area contributed by atoms with Crippen LogP contribution in [0.1, 0.15) is 29.3 Å². The van der Waals surface area contributed by atoms with Gasteiger partial charge in [-0.15, -0.1) is 0 Å². The maximum Gasteiger partial charge on any atom is 0.289 e. The van der Waals surface area contributed by atoms with Crippen LogP contribution in [0.4, 0.5) is 0 Å². The third kappa shape index (κ3) is 4.76. The van der Waals surface area contributed by atoms with Gasteiger partial charge in [0.05, 0.1) is 13.3 Å². The first kappa shape index (κ1) is 20.7. The Morgan fingerprint density at radius 1 is 1.32 bits per heavy atom. The summed E-state index contributed by atoms with van der Waals surface area (Å²) < 4.78 is 11.9. The zero-order valence-electron chi connectivity index (χ0n) is 16.3. The maximum atomic E-state index is 12.4. The molecule has 0 saturated heterocycles. The van der Waals surface area contributed by atoms with Gasteiger partial charge in [-0.05, 0) is 56.2 Å². The molecule has 1 heterocycles. The Labute approximate surface area is 163 Å². The number of aromatic nitrogens is 1. The normalized spacial score (nSPS) is 10.5. The number of ether oxygens (including phenoxy) is 2. The van der Waals surface area contributed by atoms with Crippen molar-refractivity contribution >= 4 is 12.1 Å². The average Bonchev–Trinajstić information content (AvgIpc) is 2.66. The summed E-state index contributed by atoms with van der Waals surface area (Å²) in [5.74, 6) is 0.623. The first-order chi connectivity index (χ1) is 13.4. The van der Waals surface area contributed by atoms with Gasteiger partial charge < -0.3 is 14.8 Å². The van der Waals surface area contributed by atoms with Crippen molar-refractivity contribution in [2.24, 2.45) is 5.10 Å². The van der Waals surface area contributed by atoms with Crippen LogP contribution in [0, 0.1) is 25.2 Å². The minimum Gasteiger partial charge on any atom is -0.493 e. The molecule has 8 heteroatoms. The van der Waals surface area contributed by atoms with Crippen LogP contribution >= 0.6 is 0 Å². The number of rotatable bonds is 7. The number of carbonyl (C=O) groups is 1. The van der Waals surface area contributed by atoms with Crippen molar-refractivity contribution in [2.75, 3.05) is 20.3 Å². The van der Waals surface area contributed by atoms with E-state index in [0.717, 1.165) is 0 Å². The lowest BCUT2D eigenvalue weighted by atomic mass is 10.1. The van der Waals surface area contributed by atoms with E-state index in [1.165, 1.54) is 18.0 Å². The first-order valence-electron chi connectivity index (χ1n) is 8.66. The zero-order valence-corrected chi connectivity index (χ0v) is 16.3. The van der Waals surface area contributed by atoms with Gasteiger partial charge in [-0.1, -0.05) is 0 Å². The molecule has 1 N–H and O–H groups in total. The third-order valence-corrected chi connectivity index (χ3v) is 3.91. The fourth-order valence-corrected chi connectivity index (χ4v) is 2.56. The summed E-state index contributed by atoms with van der Waals surface area (Å²) in [7, 11) is 1.49. The minimum absolute atomic E-state index is 0.0643. The van der Waals surface area contributed by atoms with E-state index in [0.29, 0.717) is 34.9 Å². The van der Waals surface area contributed by atoms with Crippen LogP contribution in [0.25, 0.3) is 0 Å². The predicted molar refractivity (Wildman–Crippen MR) is 105 cm³/mol. The van der Waals surface area contributed by atoms with Crippen LogP contribution in [0.15, 0.2) is 34.2 Å². The lowest BCUT2D eigenvalue weighted by Crippen LogP contribution is -2.28. The fourth-order valence-electron chi connectivity index (χ4n) is 2.56. The largest absolute Gasteiger partial charge is 0.493 e. The second kappa shape index (κ2) is 9.37. The number of carbonyl (C=O) groups excluding carboxylic acids is 1. The van der Waals surface area contributed by atoms with Crippen molar-refractivity contribution in [3.8, 4) is 17.6 Å². The number of aryl methyl sites for hydroxylation is 2. The summed E-state index contributed by atoms with van der Waals surface area (Å²) in [6.45, 7) is 5.69. The quantitative estimate of drug-likeness (QED) is 0.734. The highest BCUT2D eigenvalue weighted by molar-refractivity contribution is 5.81. The van der Waals surface area contributed by atoms with E-state index in [-0.39, 0.29) is 18.1 Å². The van der Waals surface area contributed by atoms with Gasteiger partial charge in [0.15, 0.2) is 18.1 Å². The summed E-state index contributed by atoms with van der Waals surface area (Å²) in [4.78, 5) is 23.9. The van der Waals surface area contributed by atoms with Crippen LogP contribution in [0.2, 0.25) is 0 Å². The Morgan fingerprint density at radius 3 is 2.71 bits per heavy atom. The molecule has 1 amide bonds. The van der Waals surface area contributed by atoms with Crippen LogP contribution in [-0.2, 0) is 4.79 Å². The van der Waals surface area contributed by atoms with Crippen LogP contribution in [-0.4, -0.2) is 37.1 Å². The van der Waals surface area contributed by atoms with E-state index in [1.54, 1.807) is 38.1 Å². The smallest absolute Gasteiger partial charge is 0.289 e. The molecule has 0 fully saturated rings. The van der Waals surface area contributed by atoms with Crippen molar-refractivity contribution in [3.05, 3.63) is 57.0 Å². The SMILES string of the molecule is CCNC(=O)COc1ccc(C=Nn2c(C)cc(C)c(C#N)c2=O)cc1OC. The molecule has 146 valence electrons. The number of hydrogen-bond donors (Lipinski definition) is 1. The maximum absolute atomic E-state index is 12.4. The van der Waals surface area contributed by atoms with Gasteiger partial charge in [-0.3, -0.25) is 9.59 Å². The van der Waals surface area contributed by atoms with Gasteiger partial charge in [0.1, 0.15) is 11.6 Å². The molecule has 2 rings (SSSR count). The van der Waals surface area contributed by atoms with Gasteiger partial charge in [0, 0.05) is 12.2 Å². The van der Waals surface area contributed by atoms with Gasteiger partial charge in [-0.25, -0.2) is 4.68 Å². The number of amides is 1. The molecule has 1 aromatic heterocycles. The summed E-state index contributed by atoms with van der Waals surface area (Å²) in [5.41, 5.74) is 1.49. The highest BCUT2D eigenvalue weighted by Gasteiger charge is 2.10. The van der Waals surface area contributed by atoms with Crippen molar-refractivity contribution in [1.82, 2.24) is 9.99 Å². The molecule has 2 aromatic rings. The van der Waals surface area contributed by atoms with Crippen molar-refractivity contribution < 1.29 is 14.3 Å². The molecule has 0 aliphatic carbocycles. The number of nitrogens with zero attached hydrogens (tertiary/aromatic N) is 3. The average molecular weight is 382 g/mol. The van der Waals surface area contributed by atoms with Gasteiger partial charge in [0.2, 0.25) is 0 Å². The number of nitriles is 1. The Hall–Kier alpha value is -3.60. The second-order valence-electron chi connectivity index (χ2n) is 5.97. The third-order valence-electron chi connectivity index (χ3n) is 3.91. The van der Waals surface area contributed by atoms with Gasteiger partial charge in [-0.2, -0.15) is 10.4 Å². The predicted octanol–water partition coefficient (Wildman–Crippen LogP) is 1.74. The van der Waals surface area contributed by atoms with Crippen LogP contribution in [0.3, 0.4) is 0 Å². The number of methoxy groups -OCH3 is 1. The molecule has 8 nitrogen and oxygen atoms in total. The van der Waals surface area contributed by atoms with Crippen molar-refractivity contribution in [3.63, 3.8) is 0 Å². The van der Waals surface area contributed by atoms with Gasteiger partial charge >= 0.3 is 0 Å². The monoisotopic (exact) mass is 382 g/mol. The highest BCUT2D eigenvalue weighted by atomic mass is 16.5. The number of benzene rings is 1. The topological polar surface area (TPSA) is 106 Å². The molecule has 0 atom stereocenters. The molecule has 28 heavy (non-hydrogen) atoms. The van der Waals surface area contributed by atoms with E-state index >= 15 is 0 Å². The minimum atomic E-state index is -0.467. The Kier molecular flexibility index (Phi) is 6.93. The van der Waals surface area contributed by atoms with E-state index in [4.69, 9.17) is 14.7 Å². The molecule has 0 aliphatic rings. The molecule has 0 radical (unpaired) electrons. The Bertz CT molecular complexity index is 1000. The molecular formula is C20H22N4O4. The van der Waals surface area contributed by atoms with E-state index < -0.39 is 5.56 Å². The Morgan fingerprint density at radius 2 is 2.07 bits per heavy atom. The van der Waals surface area contributed by atoms with E-state index in [9.17, 15) is 9.59 Å². The number of hydrogen-bond acceptors (Lipinski definition) is 6. The number of pyridine rings is 1. The summed E-state index contributed by atoms with van der Waals surface area (Å²) >= 11 is 0. The lowest BCUT2D eigenvalue weighted by Gasteiger charge is -2.11. The number of nitrogens with one attached hydrogen (secondary N) is 1. The Balaban J connectivity index is 2.27. The second-order valence-corrected chi connectivity index (χ2v) is 5.97. The number of likely N-dealkylation sites (N-methyl/N-ethyl adjacent to an activating group) is 1. The highest BCUT2D eigenvalue weighted by Crippen LogP contribution is 2.27. The molecule has 0 saturated carbocycles. The molecule has 0 bridgehead atoms. The van der Waals surface area contributed by atoms with Gasteiger partial charge in [0.25, 0.3) is 11.5 Å². The lowest BCUT2D eigenvalue weighted by molar-refractivity contribution is -0.123. The standard InChI is InChI=1S/C20H22N4O4/c1-5-22-19(25)12-28-17-7-6-15(9-18(17)27-4)11-23-24-14(3)8-13(2)16(10-21)20(24)26/h6-9,11H,5,12H2,1-4H3,(H,22,25). The molecule has 1 aromatic carbocycles. The molecular weight excluding hydrogens is 360 g/mol.